The molecule has 0 aromatic heterocycles. The van der Waals surface area contributed by atoms with Crippen LogP contribution in [0.15, 0.2) is 51.8 Å². The van der Waals surface area contributed by atoms with Gasteiger partial charge in [0.05, 0.1) is 22.2 Å². The summed E-state index contributed by atoms with van der Waals surface area (Å²) in [6.45, 7) is 2.83. The molecule has 0 saturated carbocycles. The minimum atomic E-state index is -3.68. The van der Waals surface area contributed by atoms with E-state index in [2.05, 4.69) is 21.2 Å². The number of benzene rings is 2. The molecule has 1 aliphatic heterocycles. The summed E-state index contributed by atoms with van der Waals surface area (Å²) in [5.41, 5.74) is 0.705. The second-order valence-corrected chi connectivity index (χ2v) is 9.87. The van der Waals surface area contributed by atoms with Crippen LogP contribution in [-0.4, -0.2) is 38.3 Å². The van der Waals surface area contributed by atoms with E-state index in [4.69, 9.17) is 16.3 Å². The number of nitrogens with zero attached hydrogens (tertiary/aromatic N) is 1. The molecule has 0 spiro atoms. The van der Waals surface area contributed by atoms with Gasteiger partial charge in [0.15, 0.2) is 0 Å². The average Bonchev–Trinajstić information content (AvgIpc) is 2.71. The van der Waals surface area contributed by atoms with Gasteiger partial charge in [-0.1, -0.05) is 23.7 Å². The van der Waals surface area contributed by atoms with Crippen LogP contribution in [-0.2, 0) is 14.8 Å². The summed E-state index contributed by atoms with van der Waals surface area (Å²) >= 11 is 9.55. The largest absolute Gasteiger partial charge is 0.492 e. The molecule has 3 rings (SSSR count). The van der Waals surface area contributed by atoms with Crippen molar-refractivity contribution in [3.63, 3.8) is 0 Å². The van der Waals surface area contributed by atoms with E-state index in [1.807, 2.05) is 31.2 Å². The molecule has 6 nitrogen and oxygen atoms in total. The summed E-state index contributed by atoms with van der Waals surface area (Å²) in [6.07, 6.45) is 0.917. The van der Waals surface area contributed by atoms with E-state index in [1.54, 1.807) is 6.07 Å². The van der Waals surface area contributed by atoms with Crippen LogP contribution < -0.4 is 10.1 Å². The van der Waals surface area contributed by atoms with Gasteiger partial charge in [0.25, 0.3) is 0 Å². The molecule has 0 unspecified atom stereocenters. The van der Waals surface area contributed by atoms with Gasteiger partial charge in [-0.2, -0.15) is 4.31 Å². The van der Waals surface area contributed by atoms with E-state index < -0.39 is 10.0 Å². The number of sulfonamides is 1. The Kier molecular flexibility index (Phi) is 7.21. The lowest BCUT2D eigenvalue weighted by atomic mass is 9.97. The number of ether oxygens (including phenoxy) is 1. The first-order valence-electron chi connectivity index (χ1n) is 9.31. The molecule has 2 aromatic rings. The van der Waals surface area contributed by atoms with Gasteiger partial charge in [-0.05, 0) is 66.0 Å². The van der Waals surface area contributed by atoms with Crippen LogP contribution in [0.5, 0.6) is 5.75 Å². The standard InChI is InChI=1S/C20H22BrClN2O4S/c1-2-28-19-8-7-15(13-17(19)22)29(26,27)24-11-9-14(10-12-24)20(25)23-18-6-4-3-5-16(18)21/h3-8,13-14H,2,9-12H2,1H3,(H,23,25). The van der Waals surface area contributed by atoms with Crippen LogP contribution in [0.25, 0.3) is 0 Å². The minimum Gasteiger partial charge on any atom is -0.492 e. The van der Waals surface area contributed by atoms with Crippen LogP contribution in [0, 0.1) is 5.92 Å². The van der Waals surface area contributed by atoms with Gasteiger partial charge in [-0.3, -0.25) is 4.79 Å². The van der Waals surface area contributed by atoms with Crippen molar-refractivity contribution >= 4 is 49.1 Å². The number of hydrogen-bond acceptors (Lipinski definition) is 4. The summed E-state index contributed by atoms with van der Waals surface area (Å²) in [5.74, 6) is 0.117. The summed E-state index contributed by atoms with van der Waals surface area (Å²) < 4.78 is 33.5. The van der Waals surface area contributed by atoms with Crippen molar-refractivity contribution in [3.8, 4) is 5.75 Å². The first-order chi connectivity index (χ1) is 13.8. The molecule has 1 saturated heterocycles. The van der Waals surface area contributed by atoms with E-state index in [-0.39, 0.29) is 34.8 Å². The molecule has 9 heteroatoms. The summed E-state index contributed by atoms with van der Waals surface area (Å²) in [6, 6.07) is 11.9. The van der Waals surface area contributed by atoms with Gasteiger partial charge >= 0.3 is 0 Å². The monoisotopic (exact) mass is 500 g/mol. The Morgan fingerprint density at radius 1 is 1.24 bits per heavy atom. The minimum absolute atomic E-state index is 0.0990. The number of rotatable bonds is 6. The predicted molar refractivity (Wildman–Crippen MR) is 117 cm³/mol. The third-order valence-electron chi connectivity index (χ3n) is 4.80. The van der Waals surface area contributed by atoms with E-state index in [0.717, 1.165) is 4.47 Å². The fourth-order valence-electron chi connectivity index (χ4n) is 3.22. The number of anilines is 1. The van der Waals surface area contributed by atoms with Crippen LogP contribution in [0.4, 0.5) is 5.69 Å². The summed E-state index contributed by atoms with van der Waals surface area (Å²) in [5, 5.41) is 3.17. The Morgan fingerprint density at radius 2 is 1.93 bits per heavy atom. The van der Waals surface area contributed by atoms with Crippen LogP contribution in [0.1, 0.15) is 19.8 Å². The van der Waals surface area contributed by atoms with Gasteiger partial charge in [0.2, 0.25) is 15.9 Å². The number of carbonyl (C=O) groups excluding carboxylic acids is 1. The summed E-state index contributed by atoms with van der Waals surface area (Å²) in [7, 11) is -3.68. The molecular weight excluding hydrogens is 480 g/mol. The SMILES string of the molecule is CCOc1ccc(S(=O)(=O)N2CCC(C(=O)Nc3ccccc3Br)CC2)cc1Cl. The van der Waals surface area contributed by atoms with Crippen molar-refractivity contribution in [1.82, 2.24) is 4.31 Å². The fraction of sp³-hybridized carbons (Fsp3) is 0.350. The second kappa shape index (κ2) is 9.47. The number of piperidine rings is 1. The Balaban J connectivity index is 1.64. The highest BCUT2D eigenvalue weighted by atomic mass is 79.9. The third kappa shape index (κ3) is 5.12. The molecule has 1 heterocycles. The zero-order chi connectivity index (χ0) is 21.0. The van der Waals surface area contributed by atoms with Crippen molar-refractivity contribution in [2.45, 2.75) is 24.7 Å². The third-order valence-corrected chi connectivity index (χ3v) is 7.68. The second-order valence-electron chi connectivity index (χ2n) is 6.67. The molecule has 0 bridgehead atoms. The van der Waals surface area contributed by atoms with Crippen molar-refractivity contribution in [2.24, 2.45) is 5.92 Å². The highest BCUT2D eigenvalue weighted by Gasteiger charge is 2.32. The predicted octanol–water partition coefficient (Wildman–Crippen LogP) is 4.54. The molecule has 0 atom stereocenters. The molecule has 1 amide bonds. The topological polar surface area (TPSA) is 75.7 Å². The quantitative estimate of drug-likeness (QED) is 0.630. The van der Waals surface area contributed by atoms with Gasteiger partial charge in [-0.25, -0.2) is 8.42 Å². The van der Waals surface area contributed by atoms with Crippen molar-refractivity contribution in [3.05, 3.63) is 52.0 Å². The normalized spacial score (nSPS) is 15.8. The lowest BCUT2D eigenvalue weighted by molar-refractivity contribution is -0.120. The fourth-order valence-corrected chi connectivity index (χ4v) is 5.40. The number of nitrogens with one attached hydrogen (secondary N) is 1. The average molecular weight is 502 g/mol. The first-order valence-corrected chi connectivity index (χ1v) is 11.9. The van der Waals surface area contributed by atoms with Gasteiger partial charge in [-0.15, -0.1) is 0 Å². The lowest BCUT2D eigenvalue weighted by Gasteiger charge is -2.30. The molecule has 29 heavy (non-hydrogen) atoms. The molecule has 0 aliphatic carbocycles. The van der Waals surface area contributed by atoms with E-state index in [9.17, 15) is 13.2 Å². The number of halogens is 2. The Bertz CT molecular complexity index is 992. The maximum atomic E-state index is 12.9. The van der Waals surface area contributed by atoms with Crippen LogP contribution in [0.3, 0.4) is 0 Å². The van der Waals surface area contributed by atoms with Gasteiger partial charge in [0.1, 0.15) is 5.75 Å². The zero-order valence-corrected chi connectivity index (χ0v) is 19.1. The smallest absolute Gasteiger partial charge is 0.243 e. The van der Waals surface area contributed by atoms with Crippen molar-refractivity contribution in [2.75, 3.05) is 25.0 Å². The number of hydrogen-bond donors (Lipinski definition) is 1. The molecule has 1 fully saturated rings. The Labute approximate surface area is 184 Å². The van der Waals surface area contributed by atoms with E-state index >= 15 is 0 Å². The zero-order valence-electron chi connectivity index (χ0n) is 15.9. The van der Waals surface area contributed by atoms with E-state index in [0.29, 0.717) is 30.9 Å². The molecule has 1 N–H and O–H groups in total. The maximum Gasteiger partial charge on any atom is 0.243 e. The van der Waals surface area contributed by atoms with Crippen molar-refractivity contribution in [1.29, 1.82) is 0 Å². The Hall–Kier alpha value is -1.61. The lowest BCUT2D eigenvalue weighted by Crippen LogP contribution is -2.41. The number of carbonyl (C=O) groups is 1. The molecule has 1 aliphatic rings. The van der Waals surface area contributed by atoms with Gasteiger partial charge in [0, 0.05) is 23.5 Å². The van der Waals surface area contributed by atoms with Crippen LogP contribution in [0.2, 0.25) is 5.02 Å². The maximum absolute atomic E-state index is 12.9. The molecule has 2 aromatic carbocycles. The molecular formula is C20H22BrClN2O4S. The van der Waals surface area contributed by atoms with E-state index in [1.165, 1.54) is 16.4 Å². The molecule has 0 radical (unpaired) electrons. The first kappa shape index (κ1) is 22.1. The Morgan fingerprint density at radius 3 is 2.55 bits per heavy atom. The van der Waals surface area contributed by atoms with Crippen molar-refractivity contribution < 1.29 is 17.9 Å². The van der Waals surface area contributed by atoms with Gasteiger partial charge < -0.3 is 10.1 Å². The van der Waals surface area contributed by atoms with Crippen LogP contribution >= 0.6 is 27.5 Å². The summed E-state index contributed by atoms with van der Waals surface area (Å²) in [4.78, 5) is 12.7. The highest BCUT2D eigenvalue weighted by molar-refractivity contribution is 9.10. The number of para-hydroxylation sites is 1. The number of amides is 1. The molecule has 156 valence electrons. The highest BCUT2D eigenvalue weighted by Crippen LogP contribution is 2.31.